The summed E-state index contributed by atoms with van der Waals surface area (Å²) in [5.41, 5.74) is 2.11. The summed E-state index contributed by atoms with van der Waals surface area (Å²) in [7, 11) is 0. The van der Waals surface area contributed by atoms with E-state index >= 15 is 0 Å². The fraction of sp³-hybridized carbons (Fsp3) is 0.667. The van der Waals surface area contributed by atoms with Gasteiger partial charge in [0.05, 0.1) is 12.6 Å². The molecular weight excluding hydrogens is 324 g/mol. The molecule has 3 N–H and O–H groups in total. The standard InChI is InChI=1S/C21H36N4O/c1-4-6-13-25-14-11-19(12-15-25)24-21(22-5-2)23-16-20(26)18-9-7-17(3)8-10-18/h7-10,19-20,26H,4-6,11-16H2,1-3H3,(H2,22,23,24). The van der Waals surface area contributed by atoms with Crippen LogP contribution in [0.15, 0.2) is 29.3 Å². The summed E-state index contributed by atoms with van der Waals surface area (Å²) in [6.07, 6.45) is 4.28. The van der Waals surface area contributed by atoms with Gasteiger partial charge in [0, 0.05) is 25.7 Å². The maximum absolute atomic E-state index is 10.4. The van der Waals surface area contributed by atoms with Crippen LogP contribution in [0.1, 0.15) is 56.8 Å². The van der Waals surface area contributed by atoms with Gasteiger partial charge in [0.2, 0.25) is 0 Å². The van der Waals surface area contributed by atoms with E-state index in [2.05, 4.69) is 41.3 Å². The van der Waals surface area contributed by atoms with Gasteiger partial charge in [-0.05, 0) is 45.2 Å². The number of guanidine groups is 1. The number of likely N-dealkylation sites (tertiary alicyclic amines) is 1. The van der Waals surface area contributed by atoms with Crippen molar-refractivity contribution in [3.63, 3.8) is 0 Å². The molecular formula is C21H36N4O. The molecule has 0 aromatic heterocycles. The number of benzene rings is 1. The molecule has 5 heteroatoms. The predicted octanol–water partition coefficient (Wildman–Crippen LogP) is 2.85. The fourth-order valence-electron chi connectivity index (χ4n) is 3.27. The van der Waals surface area contributed by atoms with E-state index in [4.69, 9.17) is 0 Å². The lowest BCUT2D eigenvalue weighted by molar-refractivity contribution is 0.186. The lowest BCUT2D eigenvalue weighted by Crippen LogP contribution is -2.48. The zero-order valence-corrected chi connectivity index (χ0v) is 16.7. The molecule has 2 rings (SSSR count). The molecule has 1 aliphatic rings. The first-order valence-corrected chi connectivity index (χ1v) is 10.1. The third-order valence-corrected chi connectivity index (χ3v) is 4.98. The molecule has 0 radical (unpaired) electrons. The van der Waals surface area contributed by atoms with Gasteiger partial charge in [-0.3, -0.25) is 4.99 Å². The second-order valence-corrected chi connectivity index (χ2v) is 7.26. The van der Waals surface area contributed by atoms with Gasteiger partial charge >= 0.3 is 0 Å². The maximum Gasteiger partial charge on any atom is 0.191 e. The van der Waals surface area contributed by atoms with E-state index in [9.17, 15) is 5.11 Å². The average Bonchev–Trinajstić information content (AvgIpc) is 2.66. The molecule has 0 bridgehead atoms. The van der Waals surface area contributed by atoms with E-state index < -0.39 is 6.10 Å². The Kier molecular flexibility index (Phi) is 8.92. The van der Waals surface area contributed by atoms with Crippen molar-refractivity contribution in [1.82, 2.24) is 15.5 Å². The number of unbranched alkanes of at least 4 members (excludes halogenated alkanes) is 1. The van der Waals surface area contributed by atoms with Gasteiger partial charge in [0.25, 0.3) is 0 Å². The van der Waals surface area contributed by atoms with Gasteiger partial charge in [-0.25, -0.2) is 0 Å². The number of rotatable bonds is 8. The van der Waals surface area contributed by atoms with Crippen LogP contribution in [0.5, 0.6) is 0 Å². The highest BCUT2D eigenvalue weighted by atomic mass is 16.3. The molecule has 1 saturated heterocycles. The average molecular weight is 361 g/mol. The van der Waals surface area contributed by atoms with Crippen LogP contribution in [0, 0.1) is 6.92 Å². The van der Waals surface area contributed by atoms with Crippen molar-refractivity contribution in [2.24, 2.45) is 4.99 Å². The Morgan fingerprint density at radius 1 is 1.23 bits per heavy atom. The molecule has 1 aromatic carbocycles. The zero-order valence-electron chi connectivity index (χ0n) is 16.7. The number of aliphatic imine (C=N–C) groups is 1. The lowest BCUT2D eigenvalue weighted by Gasteiger charge is -2.33. The summed E-state index contributed by atoms with van der Waals surface area (Å²) < 4.78 is 0. The molecule has 1 atom stereocenters. The minimum Gasteiger partial charge on any atom is -0.386 e. The fourth-order valence-corrected chi connectivity index (χ4v) is 3.27. The normalized spacial score (nSPS) is 17.9. The number of nitrogens with one attached hydrogen (secondary N) is 2. The van der Waals surface area contributed by atoms with Crippen molar-refractivity contribution < 1.29 is 5.11 Å². The Balaban J connectivity index is 1.83. The van der Waals surface area contributed by atoms with E-state index in [0.717, 1.165) is 44.0 Å². The second-order valence-electron chi connectivity index (χ2n) is 7.26. The Bertz CT molecular complexity index is 535. The van der Waals surface area contributed by atoms with Crippen LogP contribution in [0.4, 0.5) is 0 Å². The minimum atomic E-state index is -0.568. The number of aryl methyl sites for hydroxylation is 1. The van der Waals surface area contributed by atoms with Gasteiger partial charge < -0.3 is 20.6 Å². The Hall–Kier alpha value is -1.59. The lowest BCUT2D eigenvalue weighted by atomic mass is 10.0. The quantitative estimate of drug-likeness (QED) is 0.493. The summed E-state index contributed by atoms with van der Waals surface area (Å²) in [6, 6.07) is 8.46. The van der Waals surface area contributed by atoms with E-state index in [-0.39, 0.29) is 0 Å². The smallest absolute Gasteiger partial charge is 0.191 e. The number of aliphatic hydroxyl groups is 1. The third kappa shape index (κ3) is 6.96. The third-order valence-electron chi connectivity index (χ3n) is 4.98. The number of hydrogen-bond donors (Lipinski definition) is 3. The highest BCUT2D eigenvalue weighted by molar-refractivity contribution is 5.80. The minimum absolute atomic E-state index is 0.369. The van der Waals surface area contributed by atoms with Crippen molar-refractivity contribution in [3.8, 4) is 0 Å². The van der Waals surface area contributed by atoms with Gasteiger partial charge in [-0.1, -0.05) is 43.2 Å². The van der Waals surface area contributed by atoms with Crippen LogP contribution in [-0.2, 0) is 0 Å². The highest BCUT2D eigenvalue weighted by Gasteiger charge is 2.19. The van der Waals surface area contributed by atoms with Crippen molar-refractivity contribution in [2.75, 3.05) is 32.7 Å². The number of aliphatic hydroxyl groups excluding tert-OH is 1. The molecule has 1 aliphatic heterocycles. The van der Waals surface area contributed by atoms with Crippen LogP contribution in [-0.4, -0.2) is 54.7 Å². The molecule has 0 amide bonds. The Morgan fingerprint density at radius 2 is 1.92 bits per heavy atom. The van der Waals surface area contributed by atoms with Gasteiger partial charge in [-0.2, -0.15) is 0 Å². The molecule has 146 valence electrons. The van der Waals surface area contributed by atoms with Crippen LogP contribution >= 0.6 is 0 Å². The van der Waals surface area contributed by atoms with Crippen LogP contribution in [0.2, 0.25) is 0 Å². The summed E-state index contributed by atoms with van der Waals surface area (Å²) in [5, 5.41) is 17.2. The Labute approximate surface area is 158 Å². The molecule has 5 nitrogen and oxygen atoms in total. The predicted molar refractivity (Wildman–Crippen MR) is 110 cm³/mol. The first-order valence-electron chi connectivity index (χ1n) is 10.1. The van der Waals surface area contributed by atoms with Crippen LogP contribution in [0.25, 0.3) is 0 Å². The molecule has 1 unspecified atom stereocenters. The van der Waals surface area contributed by atoms with E-state index in [1.165, 1.54) is 24.9 Å². The van der Waals surface area contributed by atoms with Crippen LogP contribution in [0.3, 0.4) is 0 Å². The van der Waals surface area contributed by atoms with Gasteiger partial charge in [-0.15, -0.1) is 0 Å². The van der Waals surface area contributed by atoms with Crippen molar-refractivity contribution in [2.45, 2.75) is 58.6 Å². The number of hydrogen-bond acceptors (Lipinski definition) is 3. The van der Waals surface area contributed by atoms with Crippen molar-refractivity contribution in [3.05, 3.63) is 35.4 Å². The highest BCUT2D eigenvalue weighted by Crippen LogP contribution is 2.14. The molecule has 0 aliphatic carbocycles. The molecule has 1 heterocycles. The van der Waals surface area contributed by atoms with Crippen LogP contribution < -0.4 is 10.6 Å². The molecule has 0 saturated carbocycles. The van der Waals surface area contributed by atoms with E-state index in [0.29, 0.717) is 12.6 Å². The second kappa shape index (κ2) is 11.2. The first kappa shape index (κ1) is 20.7. The van der Waals surface area contributed by atoms with Gasteiger partial charge in [0.15, 0.2) is 5.96 Å². The molecule has 0 spiro atoms. The SMILES string of the molecule is CCCCN1CCC(NC(=NCC(O)c2ccc(C)cc2)NCC)CC1. The zero-order chi connectivity index (χ0) is 18.8. The summed E-state index contributed by atoms with van der Waals surface area (Å²) >= 11 is 0. The summed E-state index contributed by atoms with van der Waals surface area (Å²) in [6.45, 7) is 11.1. The molecule has 26 heavy (non-hydrogen) atoms. The Morgan fingerprint density at radius 3 is 2.54 bits per heavy atom. The van der Waals surface area contributed by atoms with E-state index in [1.807, 2.05) is 24.3 Å². The number of nitrogens with zero attached hydrogens (tertiary/aromatic N) is 2. The van der Waals surface area contributed by atoms with Gasteiger partial charge in [0.1, 0.15) is 0 Å². The first-order chi connectivity index (χ1) is 12.6. The van der Waals surface area contributed by atoms with E-state index in [1.54, 1.807) is 0 Å². The number of piperidine rings is 1. The molecule has 1 fully saturated rings. The topological polar surface area (TPSA) is 59.9 Å². The maximum atomic E-state index is 10.4. The summed E-state index contributed by atoms with van der Waals surface area (Å²) in [4.78, 5) is 7.17. The molecule has 1 aromatic rings. The van der Waals surface area contributed by atoms with Crippen molar-refractivity contribution in [1.29, 1.82) is 0 Å². The van der Waals surface area contributed by atoms with Crippen molar-refractivity contribution >= 4 is 5.96 Å². The monoisotopic (exact) mass is 360 g/mol. The summed E-state index contributed by atoms with van der Waals surface area (Å²) in [5.74, 6) is 0.811. The largest absolute Gasteiger partial charge is 0.386 e.